The lowest BCUT2D eigenvalue weighted by Crippen LogP contribution is -2.60. The zero-order chi connectivity index (χ0) is 13.7. The third kappa shape index (κ3) is 1.51. The highest BCUT2D eigenvalue weighted by Gasteiger charge is 2.60. The van der Waals surface area contributed by atoms with Crippen LogP contribution in [-0.2, 0) is 9.59 Å². The standard InChI is InChI=1S/C14H22N2O2/c1-8(2)14-6-4-13(3,5-7-14)9(11(15)17)10(14)12(16)18/h4,6,8-10H,5,7H2,1-3H3,(H2,15,17)(H2,16,18). The van der Waals surface area contributed by atoms with Crippen LogP contribution in [0.4, 0.5) is 0 Å². The molecule has 4 heteroatoms. The average molecular weight is 250 g/mol. The van der Waals surface area contributed by atoms with Crippen molar-refractivity contribution in [3.63, 3.8) is 0 Å². The summed E-state index contributed by atoms with van der Waals surface area (Å²) < 4.78 is 0. The quantitative estimate of drug-likeness (QED) is 0.737. The molecule has 100 valence electrons. The number of hydrogen-bond acceptors (Lipinski definition) is 2. The van der Waals surface area contributed by atoms with Gasteiger partial charge in [0.25, 0.3) is 0 Å². The van der Waals surface area contributed by atoms with Gasteiger partial charge < -0.3 is 11.5 Å². The highest BCUT2D eigenvalue weighted by molar-refractivity contribution is 5.88. The number of nitrogens with two attached hydrogens (primary N) is 2. The second-order valence-electron chi connectivity index (χ2n) is 6.37. The van der Waals surface area contributed by atoms with Crippen LogP contribution in [0.15, 0.2) is 12.2 Å². The summed E-state index contributed by atoms with van der Waals surface area (Å²) in [4.78, 5) is 23.7. The van der Waals surface area contributed by atoms with E-state index in [0.29, 0.717) is 0 Å². The van der Waals surface area contributed by atoms with E-state index in [4.69, 9.17) is 11.5 Å². The predicted octanol–water partition coefficient (Wildman–Crippen LogP) is 1.20. The maximum absolute atomic E-state index is 11.9. The van der Waals surface area contributed by atoms with Crippen LogP contribution in [0, 0.1) is 28.6 Å². The molecular formula is C14H22N2O2. The maximum atomic E-state index is 11.9. The lowest BCUT2D eigenvalue weighted by Gasteiger charge is -2.57. The van der Waals surface area contributed by atoms with Crippen molar-refractivity contribution >= 4 is 11.8 Å². The van der Waals surface area contributed by atoms with E-state index in [1.54, 1.807) is 0 Å². The summed E-state index contributed by atoms with van der Waals surface area (Å²) in [5.41, 5.74) is 10.5. The number of allylic oxidation sites excluding steroid dienone is 2. The van der Waals surface area contributed by atoms with E-state index < -0.39 is 23.7 Å². The number of hydrogen-bond donors (Lipinski definition) is 2. The highest BCUT2D eigenvalue weighted by atomic mass is 16.2. The number of primary amides is 2. The molecule has 4 atom stereocenters. The minimum Gasteiger partial charge on any atom is -0.369 e. The van der Waals surface area contributed by atoms with Gasteiger partial charge in [-0.1, -0.05) is 32.9 Å². The summed E-state index contributed by atoms with van der Waals surface area (Å²) >= 11 is 0. The summed E-state index contributed by atoms with van der Waals surface area (Å²) in [5.74, 6) is -1.49. The van der Waals surface area contributed by atoms with Gasteiger partial charge in [0.05, 0.1) is 11.8 Å². The van der Waals surface area contributed by atoms with E-state index in [2.05, 4.69) is 26.0 Å². The van der Waals surface area contributed by atoms with Crippen molar-refractivity contribution in [2.45, 2.75) is 33.6 Å². The molecule has 1 saturated carbocycles. The molecule has 2 amide bonds. The van der Waals surface area contributed by atoms with Gasteiger partial charge in [-0.3, -0.25) is 9.59 Å². The average Bonchev–Trinajstić information content (AvgIpc) is 2.27. The van der Waals surface area contributed by atoms with Crippen molar-refractivity contribution in [1.82, 2.24) is 0 Å². The first-order valence-electron chi connectivity index (χ1n) is 6.53. The predicted molar refractivity (Wildman–Crippen MR) is 69.1 cm³/mol. The third-order valence-corrected chi connectivity index (χ3v) is 5.18. The van der Waals surface area contributed by atoms with E-state index in [-0.39, 0.29) is 16.7 Å². The van der Waals surface area contributed by atoms with Crippen molar-refractivity contribution in [3.05, 3.63) is 12.2 Å². The van der Waals surface area contributed by atoms with Gasteiger partial charge in [-0.15, -0.1) is 0 Å². The van der Waals surface area contributed by atoms with E-state index in [0.717, 1.165) is 12.8 Å². The van der Waals surface area contributed by atoms with Gasteiger partial charge in [0.1, 0.15) is 0 Å². The minimum absolute atomic E-state index is 0.262. The largest absolute Gasteiger partial charge is 0.369 e. The fourth-order valence-corrected chi connectivity index (χ4v) is 3.97. The Bertz CT molecular complexity index is 430. The first-order valence-corrected chi connectivity index (χ1v) is 6.53. The Morgan fingerprint density at radius 1 is 1.11 bits per heavy atom. The summed E-state index contributed by atoms with van der Waals surface area (Å²) in [7, 11) is 0. The number of fused-ring (bicyclic) bond motifs is 2. The van der Waals surface area contributed by atoms with Crippen molar-refractivity contribution in [2.75, 3.05) is 0 Å². The van der Waals surface area contributed by atoms with Crippen molar-refractivity contribution in [1.29, 1.82) is 0 Å². The molecule has 1 fully saturated rings. The summed E-state index contributed by atoms with van der Waals surface area (Å²) in [6, 6.07) is 0. The summed E-state index contributed by atoms with van der Waals surface area (Å²) in [6.07, 6.45) is 5.97. The molecule has 0 aliphatic heterocycles. The van der Waals surface area contributed by atoms with E-state index >= 15 is 0 Å². The monoisotopic (exact) mass is 250 g/mol. The Hall–Kier alpha value is -1.32. The number of carbonyl (C=O) groups is 2. The smallest absolute Gasteiger partial charge is 0.222 e. The van der Waals surface area contributed by atoms with Crippen LogP contribution in [0.5, 0.6) is 0 Å². The molecule has 18 heavy (non-hydrogen) atoms. The number of carbonyl (C=O) groups excluding carboxylic acids is 2. The van der Waals surface area contributed by atoms with Gasteiger partial charge in [0.15, 0.2) is 0 Å². The van der Waals surface area contributed by atoms with Crippen LogP contribution in [0.1, 0.15) is 33.6 Å². The molecule has 3 aliphatic rings. The van der Waals surface area contributed by atoms with Gasteiger partial charge in [-0.25, -0.2) is 0 Å². The molecule has 0 spiro atoms. The molecule has 0 radical (unpaired) electrons. The molecule has 4 nitrogen and oxygen atoms in total. The molecule has 0 aromatic rings. The van der Waals surface area contributed by atoms with E-state index in [9.17, 15) is 9.59 Å². The van der Waals surface area contributed by atoms with Crippen LogP contribution < -0.4 is 11.5 Å². The second kappa shape index (κ2) is 3.84. The second-order valence-corrected chi connectivity index (χ2v) is 6.37. The number of rotatable bonds is 3. The van der Waals surface area contributed by atoms with Crippen LogP contribution in [-0.4, -0.2) is 11.8 Å². The Labute approximate surface area is 108 Å². The zero-order valence-electron chi connectivity index (χ0n) is 11.3. The van der Waals surface area contributed by atoms with Crippen LogP contribution in [0.25, 0.3) is 0 Å². The van der Waals surface area contributed by atoms with E-state index in [1.807, 2.05) is 6.92 Å². The zero-order valence-corrected chi connectivity index (χ0v) is 11.3. The van der Waals surface area contributed by atoms with Gasteiger partial charge in [-0.2, -0.15) is 0 Å². The van der Waals surface area contributed by atoms with Crippen molar-refractivity contribution < 1.29 is 9.59 Å². The fourth-order valence-electron chi connectivity index (χ4n) is 3.97. The summed E-state index contributed by atoms with van der Waals surface area (Å²) in [6.45, 7) is 6.15. The van der Waals surface area contributed by atoms with Gasteiger partial charge in [0.2, 0.25) is 11.8 Å². The third-order valence-electron chi connectivity index (χ3n) is 5.18. The maximum Gasteiger partial charge on any atom is 0.222 e. The van der Waals surface area contributed by atoms with Crippen LogP contribution in [0.3, 0.4) is 0 Å². The molecule has 0 aromatic heterocycles. The highest BCUT2D eigenvalue weighted by Crippen LogP contribution is 2.61. The Morgan fingerprint density at radius 2 is 1.67 bits per heavy atom. The molecular weight excluding hydrogens is 228 g/mol. The molecule has 0 heterocycles. The first-order chi connectivity index (χ1) is 8.24. The molecule has 3 rings (SSSR count). The number of amides is 2. The fraction of sp³-hybridized carbons (Fsp3) is 0.714. The van der Waals surface area contributed by atoms with Crippen molar-refractivity contribution in [3.8, 4) is 0 Å². The first kappa shape index (κ1) is 13.1. The van der Waals surface area contributed by atoms with E-state index in [1.165, 1.54) is 0 Å². The van der Waals surface area contributed by atoms with Gasteiger partial charge >= 0.3 is 0 Å². The SMILES string of the molecule is CC(C)C12C=CC(C)(CC1)C(C(N)=O)C2C(N)=O. The molecule has 0 aromatic carbocycles. The lowest BCUT2D eigenvalue weighted by molar-refractivity contribution is -0.149. The Morgan fingerprint density at radius 3 is 2.00 bits per heavy atom. The van der Waals surface area contributed by atoms with Gasteiger partial charge in [0, 0.05) is 5.41 Å². The van der Waals surface area contributed by atoms with Crippen LogP contribution in [0.2, 0.25) is 0 Å². The normalized spacial score (nSPS) is 42.2. The topological polar surface area (TPSA) is 86.2 Å². The molecule has 4 unspecified atom stereocenters. The summed E-state index contributed by atoms with van der Waals surface area (Å²) in [5, 5.41) is 0. The van der Waals surface area contributed by atoms with Gasteiger partial charge in [-0.05, 0) is 24.2 Å². The lowest BCUT2D eigenvalue weighted by atomic mass is 9.45. The molecule has 0 saturated heterocycles. The van der Waals surface area contributed by atoms with Crippen LogP contribution >= 0.6 is 0 Å². The molecule has 3 aliphatic carbocycles. The van der Waals surface area contributed by atoms with Crippen molar-refractivity contribution in [2.24, 2.45) is 40.1 Å². The molecule has 2 bridgehead atoms. The molecule has 4 N–H and O–H groups in total. The Kier molecular flexibility index (Phi) is 2.80. The minimum atomic E-state index is -0.476. The Balaban J connectivity index is 2.60.